The van der Waals surface area contributed by atoms with Crippen LogP contribution >= 0.6 is 11.3 Å². The Morgan fingerprint density at radius 3 is 2.89 bits per heavy atom. The van der Waals surface area contributed by atoms with E-state index in [0.717, 1.165) is 36.5 Å². The highest BCUT2D eigenvalue weighted by atomic mass is 32.1. The van der Waals surface area contributed by atoms with Crippen LogP contribution in [0.25, 0.3) is 10.8 Å². The molecule has 0 bridgehead atoms. The number of furan rings is 1. The maximum Gasteiger partial charge on any atom is 0.265 e. The van der Waals surface area contributed by atoms with Gasteiger partial charge in [0.2, 0.25) is 5.91 Å². The van der Waals surface area contributed by atoms with E-state index >= 15 is 0 Å². The van der Waals surface area contributed by atoms with Crippen LogP contribution in [-0.4, -0.2) is 41.3 Å². The van der Waals surface area contributed by atoms with Crippen molar-refractivity contribution in [2.24, 2.45) is 5.92 Å². The minimum atomic E-state index is -0.125. The van der Waals surface area contributed by atoms with Gasteiger partial charge in [0, 0.05) is 19.6 Å². The summed E-state index contributed by atoms with van der Waals surface area (Å²) in [4.78, 5) is 32.3. The van der Waals surface area contributed by atoms with Gasteiger partial charge in [-0.2, -0.15) is 0 Å². The fourth-order valence-corrected chi connectivity index (χ4v) is 4.30. The predicted octanol–water partition coefficient (Wildman–Crippen LogP) is 3.79. The topological polar surface area (TPSA) is 75.4 Å². The number of thiazole rings is 1. The van der Waals surface area contributed by atoms with E-state index in [1.165, 1.54) is 11.3 Å². The quantitative estimate of drug-likeness (QED) is 0.763. The Balaban J connectivity index is 1.68. The second kappa shape index (κ2) is 8.69. The molecule has 2 amide bonds. The van der Waals surface area contributed by atoms with Crippen LogP contribution in [0.2, 0.25) is 0 Å². The second-order valence-electron chi connectivity index (χ2n) is 7.08. The maximum absolute atomic E-state index is 13.0. The van der Waals surface area contributed by atoms with Gasteiger partial charge in [-0.3, -0.25) is 9.59 Å². The summed E-state index contributed by atoms with van der Waals surface area (Å²) >= 11 is 1.36. The van der Waals surface area contributed by atoms with Crippen LogP contribution in [0.15, 0.2) is 16.5 Å². The van der Waals surface area contributed by atoms with Crippen molar-refractivity contribution in [1.29, 1.82) is 0 Å². The number of carbonyl (C=O) groups excluding carboxylic acids is 2. The Morgan fingerprint density at radius 1 is 1.37 bits per heavy atom. The van der Waals surface area contributed by atoms with Gasteiger partial charge in [-0.1, -0.05) is 13.3 Å². The third kappa shape index (κ3) is 4.58. The van der Waals surface area contributed by atoms with Crippen LogP contribution in [0, 0.1) is 19.8 Å². The number of hydrogen-bond donors (Lipinski definition) is 1. The minimum absolute atomic E-state index is 0.0365. The third-order valence-corrected chi connectivity index (χ3v) is 6.01. The molecule has 1 fully saturated rings. The smallest absolute Gasteiger partial charge is 0.265 e. The van der Waals surface area contributed by atoms with Crippen molar-refractivity contribution in [3.8, 4) is 10.8 Å². The Morgan fingerprint density at radius 2 is 2.19 bits per heavy atom. The van der Waals surface area contributed by atoms with Gasteiger partial charge in [0.05, 0.1) is 11.6 Å². The fraction of sp³-hybridized carbons (Fsp3) is 0.550. The van der Waals surface area contributed by atoms with Crippen molar-refractivity contribution in [2.45, 2.75) is 46.5 Å². The molecule has 6 nitrogen and oxygen atoms in total. The molecule has 146 valence electrons. The lowest BCUT2D eigenvalue weighted by Crippen LogP contribution is -2.45. The van der Waals surface area contributed by atoms with E-state index in [4.69, 9.17) is 4.42 Å². The molecule has 2 aromatic rings. The molecule has 0 saturated carbocycles. The zero-order valence-corrected chi connectivity index (χ0v) is 17.0. The lowest BCUT2D eigenvalue weighted by atomic mass is 9.97. The van der Waals surface area contributed by atoms with Crippen molar-refractivity contribution in [3.63, 3.8) is 0 Å². The largest absolute Gasteiger partial charge is 0.459 e. The fourth-order valence-electron chi connectivity index (χ4n) is 3.30. The van der Waals surface area contributed by atoms with Crippen molar-refractivity contribution >= 4 is 23.2 Å². The van der Waals surface area contributed by atoms with Crippen molar-refractivity contribution in [2.75, 3.05) is 19.6 Å². The van der Waals surface area contributed by atoms with Crippen LogP contribution in [-0.2, 0) is 4.79 Å². The summed E-state index contributed by atoms with van der Waals surface area (Å²) in [5.41, 5.74) is 0.712. The summed E-state index contributed by atoms with van der Waals surface area (Å²) in [7, 11) is 0. The summed E-state index contributed by atoms with van der Waals surface area (Å²) in [5, 5.41) is 3.71. The molecule has 1 saturated heterocycles. The molecule has 3 heterocycles. The normalized spacial score (nSPS) is 17.1. The number of piperidine rings is 1. The second-order valence-corrected chi connectivity index (χ2v) is 8.08. The van der Waals surface area contributed by atoms with Gasteiger partial charge in [-0.25, -0.2) is 4.98 Å². The highest BCUT2D eigenvalue weighted by Gasteiger charge is 2.30. The number of unbranched alkanes of at least 4 members (excludes halogenated alkanes) is 1. The minimum Gasteiger partial charge on any atom is -0.459 e. The van der Waals surface area contributed by atoms with E-state index < -0.39 is 0 Å². The van der Waals surface area contributed by atoms with Crippen LogP contribution in [0.4, 0.5) is 0 Å². The molecule has 0 aliphatic carbocycles. The number of rotatable bonds is 6. The molecule has 1 N–H and O–H groups in total. The number of hydrogen-bond acceptors (Lipinski definition) is 5. The summed E-state index contributed by atoms with van der Waals surface area (Å²) in [5.74, 6) is 1.41. The molecule has 1 atom stereocenters. The molecule has 27 heavy (non-hydrogen) atoms. The number of nitrogens with zero attached hydrogens (tertiary/aromatic N) is 2. The number of aryl methyl sites for hydroxylation is 2. The Labute approximate surface area is 164 Å². The Bertz CT molecular complexity index is 811. The molecule has 1 aliphatic rings. The first-order valence-corrected chi connectivity index (χ1v) is 10.4. The molecule has 0 spiro atoms. The summed E-state index contributed by atoms with van der Waals surface area (Å²) in [6.45, 7) is 7.70. The van der Waals surface area contributed by atoms with Gasteiger partial charge in [0.15, 0.2) is 10.8 Å². The van der Waals surface area contributed by atoms with Crippen LogP contribution in [0.3, 0.4) is 0 Å². The molecule has 2 aromatic heterocycles. The zero-order chi connectivity index (χ0) is 19.4. The number of nitrogens with one attached hydrogen (secondary N) is 1. The van der Waals surface area contributed by atoms with Crippen molar-refractivity contribution in [1.82, 2.24) is 15.2 Å². The summed E-state index contributed by atoms with van der Waals surface area (Å²) in [6.07, 6.45) is 3.72. The van der Waals surface area contributed by atoms with Gasteiger partial charge < -0.3 is 14.6 Å². The van der Waals surface area contributed by atoms with E-state index in [0.29, 0.717) is 36.0 Å². The molecular weight excluding hydrogens is 362 g/mol. The van der Waals surface area contributed by atoms with Crippen LogP contribution < -0.4 is 5.32 Å². The van der Waals surface area contributed by atoms with E-state index in [9.17, 15) is 9.59 Å². The highest BCUT2D eigenvalue weighted by molar-refractivity contribution is 7.17. The lowest BCUT2D eigenvalue weighted by molar-refractivity contribution is -0.126. The maximum atomic E-state index is 13.0. The van der Waals surface area contributed by atoms with Gasteiger partial charge in [-0.15, -0.1) is 11.3 Å². The molecule has 1 aliphatic heterocycles. The average Bonchev–Trinajstić information content (AvgIpc) is 3.27. The van der Waals surface area contributed by atoms with Crippen LogP contribution in [0.1, 0.15) is 53.7 Å². The molecule has 1 unspecified atom stereocenters. The molecular formula is C20H27N3O3S. The standard InChI is InChI=1S/C20H27N3O3S/c1-4-5-10-21-18(24)15-7-6-11-23(12-15)20(25)17-14(3)22-19(27-17)16-9-8-13(2)26-16/h8-9,15H,4-7,10-12H2,1-3H3,(H,21,24). The van der Waals surface area contributed by atoms with E-state index in [2.05, 4.69) is 17.2 Å². The monoisotopic (exact) mass is 389 g/mol. The van der Waals surface area contributed by atoms with Gasteiger partial charge in [0.25, 0.3) is 5.91 Å². The van der Waals surface area contributed by atoms with E-state index in [1.54, 1.807) is 4.90 Å². The number of aromatic nitrogens is 1. The first-order chi connectivity index (χ1) is 13.0. The highest BCUT2D eigenvalue weighted by Crippen LogP contribution is 2.31. The van der Waals surface area contributed by atoms with E-state index in [1.807, 2.05) is 26.0 Å². The van der Waals surface area contributed by atoms with Crippen molar-refractivity contribution < 1.29 is 14.0 Å². The molecule has 3 rings (SSSR count). The summed E-state index contributed by atoms with van der Waals surface area (Å²) < 4.78 is 5.63. The SMILES string of the molecule is CCCCNC(=O)C1CCCN(C(=O)c2sc(-c3ccc(C)o3)nc2C)C1. The summed E-state index contributed by atoms with van der Waals surface area (Å²) in [6, 6.07) is 3.76. The molecule has 0 radical (unpaired) electrons. The Kier molecular flexibility index (Phi) is 6.31. The van der Waals surface area contributed by atoms with Crippen molar-refractivity contribution in [3.05, 3.63) is 28.5 Å². The Hall–Kier alpha value is -2.15. The predicted molar refractivity (Wildman–Crippen MR) is 106 cm³/mol. The van der Waals surface area contributed by atoms with Gasteiger partial charge in [-0.05, 0) is 45.2 Å². The van der Waals surface area contributed by atoms with Gasteiger partial charge in [0.1, 0.15) is 10.6 Å². The number of amides is 2. The first kappa shape index (κ1) is 19.6. The number of likely N-dealkylation sites (tertiary alicyclic amines) is 1. The lowest BCUT2D eigenvalue weighted by Gasteiger charge is -2.31. The molecule has 0 aromatic carbocycles. The number of carbonyl (C=O) groups is 2. The zero-order valence-electron chi connectivity index (χ0n) is 16.2. The van der Waals surface area contributed by atoms with E-state index in [-0.39, 0.29) is 17.7 Å². The van der Waals surface area contributed by atoms with Crippen LogP contribution in [0.5, 0.6) is 0 Å². The molecule has 7 heteroatoms. The average molecular weight is 390 g/mol. The third-order valence-electron chi connectivity index (χ3n) is 4.85. The first-order valence-electron chi connectivity index (χ1n) is 9.60. The van der Waals surface area contributed by atoms with Gasteiger partial charge >= 0.3 is 0 Å².